The molecule has 2 aliphatic rings. The molecule has 1 aromatic carbocycles. The van der Waals surface area contributed by atoms with Gasteiger partial charge in [-0.3, -0.25) is 9.69 Å². The summed E-state index contributed by atoms with van der Waals surface area (Å²) in [5.41, 5.74) is 1.45. The van der Waals surface area contributed by atoms with Crippen LogP contribution < -0.4 is 10.2 Å². The molecule has 0 radical (unpaired) electrons. The Morgan fingerprint density at radius 2 is 1.74 bits per heavy atom. The molecule has 1 N–H and O–H groups in total. The molecule has 0 aliphatic carbocycles. The molecule has 1 amide bonds. The Labute approximate surface area is 223 Å². The first kappa shape index (κ1) is 26.6. The first-order valence-corrected chi connectivity index (χ1v) is 13.0. The minimum Gasteiger partial charge on any atom is -0.379 e. The van der Waals surface area contributed by atoms with Crippen molar-refractivity contribution in [2.45, 2.75) is 31.5 Å². The first-order valence-electron chi connectivity index (χ1n) is 12.6. The van der Waals surface area contributed by atoms with Gasteiger partial charge in [-0.05, 0) is 43.5 Å². The number of aromatic nitrogens is 3. The molecule has 5 rings (SSSR count). The van der Waals surface area contributed by atoms with E-state index in [0.29, 0.717) is 53.4 Å². The van der Waals surface area contributed by atoms with Gasteiger partial charge in [0.2, 0.25) is 5.82 Å². The number of hydrogen-bond acceptors (Lipinski definition) is 7. The van der Waals surface area contributed by atoms with Crippen LogP contribution >= 0.6 is 11.6 Å². The summed E-state index contributed by atoms with van der Waals surface area (Å²) in [5.74, 6) is -0.718. The number of nitrogens with one attached hydrogen (secondary N) is 1. The van der Waals surface area contributed by atoms with Crippen LogP contribution in [0.25, 0.3) is 10.9 Å². The smallest absolute Gasteiger partial charge is 0.379 e. The van der Waals surface area contributed by atoms with E-state index < -0.39 is 18.0 Å². The Hall–Kier alpha value is -3.02. The molecule has 4 heterocycles. The maximum Gasteiger partial charge on any atom is 0.451 e. The Bertz CT molecular complexity index is 1280. The van der Waals surface area contributed by atoms with Crippen molar-refractivity contribution < 1.29 is 22.7 Å². The highest BCUT2D eigenvalue weighted by Gasteiger charge is 2.35. The van der Waals surface area contributed by atoms with Gasteiger partial charge in [-0.15, -0.1) is 0 Å². The van der Waals surface area contributed by atoms with Crippen LogP contribution in [-0.2, 0) is 10.9 Å². The molecule has 0 bridgehead atoms. The third-order valence-corrected chi connectivity index (χ3v) is 7.28. The second-order valence-corrected chi connectivity index (χ2v) is 9.83. The lowest BCUT2D eigenvalue weighted by Crippen LogP contribution is -2.44. The topological polar surface area (TPSA) is 83.5 Å². The molecule has 1 unspecified atom stereocenters. The van der Waals surface area contributed by atoms with Crippen LogP contribution in [-0.4, -0.2) is 71.7 Å². The highest BCUT2D eigenvalue weighted by molar-refractivity contribution is 6.35. The summed E-state index contributed by atoms with van der Waals surface area (Å²) in [6.07, 6.45) is 1.17. The molecular weight excluding hydrogens is 521 g/mol. The van der Waals surface area contributed by atoms with E-state index in [2.05, 4.69) is 20.2 Å². The van der Waals surface area contributed by atoms with Crippen molar-refractivity contribution in [3.63, 3.8) is 0 Å². The lowest BCUT2D eigenvalue weighted by Gasteiger charge is -2.34. The zero-order valence-electron chi connectivity index (χ0n) is 20.7. The summed E-state index contributed by atoms with van der Waals surface area (Å²) >= 11 is 6.48. The lowest BCUT2D eigenvalue weighted by atomic mass is 10.1. The molecule has 8 nitrogen and oxygen atoms in total. The molecule has 1 atom stereocenters. The van der Waals surface area contributed by atoms with Crippen molar-refractivity contribution in [3.8, 4) is 0 Å². The fourth-order valence-electron chi connectivity index (χ4n) is 4.98. The van der Waals surface area contributed by atoms with Gasteiger partial charge >= 0.3 is 6.18 Å². The molecular formula is C26H28ClF3N6O2. The molecule has 38 heavy (non-hydrogen) atoms. The second-order valence-electron chi connectivity index (χ2n) is 9.42. The van der Waals surface area contributed by atoms with Crippen molar-refractivity contribution in [2.75, 3.05) is 50.8 Å². The molecule has 12 heteroatoms. The van der Waals surface area contributed by atoms with Crippen LogP contribution in [0, 0.1) is 0 Å². The SMILES string of the molecule is O=C(NCC(c1cnc(C(F)(F)F)nc1)N1CCOCC1)c1c(Cl)ccc2nc(N3CCCCC3)ccc12. The molecule has 2 aliphatic heterocycles. The minimum atomic E-state index is -4.63. The third kappa shape index (κ3) is 5.84. The van der Waals surface area contributed by atoms with Crippen molar-refractivity contribution in [1.29, 1.82) is 0 Å². The summed E-state index contributed by atoms with van der Waals surface area (Å²) in [6, 6.07) is 6.81. The molecule has 2 saturated heterocycles. The predicted molar refractivity (Wildman–Crippen MR) is 137 cm³/mol. The predicted octanol–water partition coefficient (Wildman–Crippen LogP) is 4.49. The van der Waals surface area contributed by atoms with Gasteiger partial charge in [0.15, 0.2) is 0 Å². The van der Waals surface area contributed by atoms with E-state index in [9.17, 15) is 18.0 Å². The van der Waals surface area contributed by atoms with Crippen molar-refractivity contribution in [2.24, 2.45) is 0 Å². The van der Waals surface area contributed by atoms with Gasteiger partial charge < -0.3 is 15.0 Å². The summed E-state index contributed by atoms with van der Waals surface area (Å²) < 4.78 is 44.4. The molecule has 202 valence electrons. The molecule has 2 aromatic heterocycles. The molecule has 0 spiro atoms. The minimum absolute atomic E-state index is 0.125. The Balaban J connectivity index is 1.38. The van der Waals surface area contributed by atoms with Gasteiger partial charge in [-0.25, -0.2) is 15.0 Å². The van der Waals surface area contributed by atoms with Gasteiger partial charge in [-0.2, -0.15) is 13.2 Å². The normalized spacial score (nSPS) is 17.9. The Kier molecular flexibility index (Phi) is 7.96. The number of alkyl halides is 3. The summed E-state index contributed by atoms with van der Waals surface area (Å²) in [6.45, 7) is 4.10. The van der Waals surface area contributed by atoms with Crippen LogP contribution in [0.3, 0.4) is 0 Å². The van der Waals surface area contributed by atoms with Crippen molar-refractivity contribution >= 4 is 34.2 Å². The average Bonchev–Trinajstić information content (AvgIpc) is 2.93. The summed E-state index contributed by atoms with van der Waals surface area (Å²) in [5, 5.41) is 3.86. The number of anilines is 1. The van der Waals surface area contributed by atoms with E-state index >= 15 is 0 Å². The first-order chi connectivity index (χ1) is 18.3. The van der Waals surface area contributed by atoms with Gasteiger partial charge in [0.25, 0.3) is 5.91 Å². The number of ether oxygens (including phenoxy) is 1. The number of benzene rings is 1. The van der Waals surface area contributed by atoms with E-state index in [1.54, 1.807) is 12.1 Å². The highest BCUT2D eigenvalue weighted by atomic mass is 35.5. The summed E-state index contributed by atoms with van der Waals surface area (Å²) in [7, 11) is 0. The van der Waals surface area contributed by atoms with E-state index in [0.717, 1.165) is 31.7 Å². The van der Waals surface area contributed by atoms with Gasteiger partial charge in [0.05, 0.1) is 35.4 Å². The van der Waals surface area contributed by atoms with Crippen LogP contribution in [0.2, 0.25) is 5.02 Å². The Morgan fingerprint density at radius 1 is 1.03 bits per heavy atom. The highest BCUT2D eigenvalue weighted by Crippen LogP contribution is 2.30. The number of rotatable bonds is 6. The maximum atomic E-state index is 13.4. The number of nitrogens with zero attached hydrogens (tertiary/aromatic N) is 5. The fraction of sp³-hybridized carbons (Fsp3) is 0.462. The maximum absolute atomic E-state index is 13.4. The van der Waals surface area contributed by atoms with E-state index in [4.69, 9.17) is 21.3 Å². The number of pyridine rings is 1. The van der Waals surface area contributed by atoms with Gasteiger partial charge in [0.1, 0.15) is 5.82 Å². The van der Waals surface area contributed by atoms with Crippen LogP contribution in [0.4, 0.5) is 19.0 Å². The number of hydrogen-bond donors (Lipinski definition) is 1. The van der Waals surface area contributed by atoms with Crippen molar-refractivity contribution in [1.82, 2.24) is 25.2 Å². The van der Waals surface area contributed by atoms with E-state index in [-0.39, 0.29) is 12.5 Å². The van der Waals surface area contributed by atoms with E-state index in [1.807, 2.05) is 17.0 Å². The van der Waals surface area contributed by atoms with E-state index in [1.165, 1.54) is 18.8 Å². The summed E-state index contributed by atoms with van der Waals surface area (Å²) in [4.78, 5) is 29.5. The monoisotopic (exact) mass is 548 g/mol. The molecule has 3 aromatic rings. The standard InChI is InChI=1S/C26H28ClF3N6O2/c27-19-5-6-20-18(4-7-22(34-20)36-8-2-1-3-9-36)23(19)24(37)31-16-21(35-10-12-38-13-11-35)17-14-32-25(33-15-17)26(28,29)30/h4-7,14-15,21H,1-3,8-13,16H2,(H,31,37). The van der Waals surface area contributed by atoms with Crippen LogP contribution in [0.15, 0.2) is 36.7 Å². The van der Waals surface area contributed by atoms with Gasteiger partial charge in [-0.1, -0.05) is 11.6 Å². The number of carbonyl (C=O) groups is 1. The lowest BCUT2D eigenvalue weighted by molar-refractivity contribution is -0.145. The van der Waals surface area contributed by atoms with Crippen molar-refractivity contribution in [3.05, 3.63) is 58.6 Å². The second kappa shape index (κ2) is 11.4. The number of piperidine rings is 1. The number of morpholine rings is 1. The Morgan fingerprint density at radius 3 is 2.42 bits per heavy atom. The largest absolute Gasteiger partial charge is 0.451 e. The van der Waals surface area contributed by atoms with Crippen LogP contribution in [0.1, 0.15) is 47.1 Å². The third-order valence-electron chi connectivity index (χ3n) is 6.97. The van der Waals surface area contributed by atoms with Gasteiger partial charge in [0, 0.05) is 56.1 Å². The number of halogens is 4. The van der Waals surface area contributed by atoms with Crippen LogP contribution in [0.5, 0.6) is 0 Å². The number of fused-ring (bicyclic) bond motifs is 1. The zero-order valence-corrected chi connectivity index (χ0v) is 21.4. The quantitative estimate of drug-likeness (QED) is 0.486. The fourth-order valence-corrected chi connectivity index (χ4v) is 5.23. The zero-order chi connectivity index (χ0) is 26.7. The number of carbonyl (C=O) groups excluding carboxylic acids is 1. The number of amides is 1. The average molecular weight is 549 g/mol. The molecule has 0 saturated carbocycles. The molecule has 2 fully saturated rings.